The topological polar surface area (TPSA) is 38.3 Å². The molecular formula is C23H33NO2. The number of benzene rings is 1. The molecule has 3 nitrogen and oxygen atoms in total. The SMILES string of the molecule is CC(C)(C)C(=O)NCCOc1ccc(C23CC4CC(CC(C4)C2)C3)cc1. The summed E-state index contributed by atoms with van der Waals surface area (Å²) in [6, 6.07) is 8.85. The van der Waals surface area contributed by atoms with Crippen LogP contribution in [0.1, 0.15) is 64.9 Å². The van der Waals surface area contributed by atoms with Gasteiger partial charge >= 0.3 is 0 Å². The highest BCUT2D eigenvalue weighted by atomic mass is 16.5. The van der Waals surface area contributed by atoms with E-state index < -0.39 is 0 Å². The highest BCUT2D eigenvalue weighted by Crippen LogP contribution is 2.60. The predicted molar refractivity (Wildman–Crippen MR) is 104 cm³/mol. The van der Waals surface area contributed by atoms with Crippen LogP contribution >= 0.6 is 0 Å². The first kappa shape index (κ1) is 17.9. The Morgan fingerprint density at radius 3 is 2.08 bits per heavy atom. The average Bonchev–Trinajstić information content (AvgIpc) is 2.57. The second-order valence-electron chi connectivity index (χ2n) is 10.1. The molecule has 0 aliphatic heterocycles. The molecule has 4 saturated carbocycles. The van der Waals surface area contributed by atoms with Gasteiger partial charge in [0.25, 0.3) is 0 Å². The molecule has 0 unspecified atom stereocenters. The number of amides is 1. The van der Waals surface area contributed by atoms with E-state index in [2.05, 4.69) is 29.6 Å². The summed E-state index contributed by atoms with van der Waals surface area (Å²) in [5.74, 6) is 3.90. The second-order valence-corrected chi connectivity index (χ2v) is 10.1. The number of nitrogens with one attached hydrogen (secondary N) is 1. The minimum atomic E-state index is -0.348. The second kappa shape index (κ2) is 6.58. The van der Waals surface area contributed by atoms with Crippen molar-refractivity contribution < 1.29 is 9.53 Å². The number of carbonyl (C=O) groups excluding carboxylic acids is 1. The summed E-state index contributed by atoms with van der Waals surface area (Å²) in [6.45, 7) is 6.83. The van der Waals surface area contributed by atoms with Gasteiger partial charge in [-0.1, -0.05) is 32.9 Å². The summed E-state index contributed by atoms with van der Waals surface area (Å²) < 4.78 is 5.83. The molecule has 1 N–H and O–H groups in total. The van der Waals surface area contributed by atoms with E-state index in [0.717, 1.165) is 23.5 Å². The van der Waals surface area contributed by atoms with E-state index in [9.17, 15) is 4.79 Å². The molecule has 0 aromatic heterocycles. The van der Waals surface area contributed by atoms with Gasteiger partial charge in [0.15, 0.2) is 0 Å². The maximum atomic E-state index is 11.9. The summed E-state index contributed by atoms with van der Waals surface area (Å²) in [7, 11) is 0. The van der Waals surface area contributed by atoms with Gasteiger partial charge in [-0.3, -0.25) is 4.79 Å². The largest absolute Gasteiger partial charge is 0.492 e. The highest BCUT2D eigenvalue weighted by molar-refractivity contribution is 5.81. The van der Waals surface area contributed by atoms with Crippen LogP contribution in [0.4, 0.5) is 0 Å². The number of hydrogen-bond acceptors (Lipinski definition) is 2. The summed E-state index contributed by atoms with van der Waals surface area (Å²) >= 11 is 0. The average molecular weight is 356 g/mol. The first-order valence-corrected chi connectivity index (χ1v) is 10.4. The quantitative estimate of drug-likeness (QED) is 0.778. The lowest BCUT2D eigenvalue weighted by molar-refractivity contribution is -0.128. The fraction of sp³-hybridized carbons (Fsp3) is 0.696. The third-order valence-corrected chi connectivity index (χ3v) is 6.84. The van der Waals surface area contributed by atoms with Crippen LogP contribution < -0.4 is 10.1 Å². The molecule has 4 aliphatic carbocycles. The summed E-state index contributed by atoms with van der Waals surface area (Å²) in [5, 5.41) is 2.93. The Morgan fingerprint density at radius 1 is 1.04 bits per heavy atom. The molecule has 1 amide bonds. The van der Waals surface area contributed by atoms with Gasteiger partial charge in [0, 0.05) is 5.41 Å². The van der Waals surface area contributed by atoms with Crippen LogP contribution in [-0.4, -0.2) is 19.1 Å². The summed E-state index contributed by atoms with van der Waals surface area (Å²) in [5.41, 5.74) is 1.64. The van der Waals surface area contributed by atoms with Gasteiger partial charge in [-0.05, 0) is 79.4 Å². The molecule has 4 bridgehead atoms. The van der Waals surface area contributed by atoms with Gasteiger partial charge in [-0.2, -0.15) is 0 Å². The van der Waals surface area contributed by atoms with Gasteiger partial charge in [0.2, 0.25) is 5.91 Å². The molecule has 26 heavy (non-hydrogen) atoms. The molecule has 0 spiro atoms. The van der Waals surface area contributed by atoms with E-state index in [-0.39, 0.29) is 11.3 Å². The molecule has 142 valence electrons. The minimum absolute atomic E-state index is 0.0678. The molecule has 0 radical (unpaired) electrons. The Labute approximate surface area is 157 Å². The lowest BCUT2D eigenvalue weighted by Gasteiger charge is -2.57. The van der Waals surface area contributed by atoms with Gasteiger partial charge in [-0.25, -0.2) is 0 Å². The Morgan fingerprint density at radius 2 is 1.58 bits per heavy atom. The zero-order chi connectivity index (χ0) is 18.4. The van der Waals surface area contributed by atoms with Gasteiger partial charge < -0.3 is 10.1 Å². The van der Waals surface area contributed by atoms with E-state index >= 15 is 0 Å². The maximum Gasteiger partial charge on any atom is 0.225 e. The standard InChI is InChI=1S/C23H33NO2/c1-22(2,3)21(25)24-8-9-26-20-6-4-19(5-7-20)23-13-16-10-17(14-23)12-18(11-16)15-23/h4-7,16-18H,8-15H2,1-3H3,(H,24,25). The zero-order valence-electron chi connectivity index (χ0n) is 16.5. The normalized spacial score (nSPS) is 32.5. The zero-order valence-corrected chi connectivity index (χ0v) is 16.5. The molecule has 4 fully saturated rings. The van der Waals surface area contributed by atoms with Crippen molar-refractivity contribution >= 4 is 5.91 Å². The van der Waals surface area contributed by atoms with Crippen molar-refractivity contribution in [1.82, 2.24) is 5.32 Å². The Hall–Kier alpha value is -1.51. The number of carbonyl (C=O) groups is 1. The fourth-order valence-corrected chi connectivity index (χ4v) is 5.97. The Balaban J connectivity index is 1.32. The molecule has 3 heteroatoms. The lowest BCUT2D eigenvalue weighted by Crippen LogP contribution is -2.48. The minimum Gasteiger partial charge on any atom is -0.492 e. The molecule has 4 aliphatic rings. The van der Waals surface area contributed by atoms with Crippen molar-refractivity contribution in [2.45, 2.75) is 64.7 Å². The molecule has 5 rings (SSSR count). The van der Waals surface area contributed by atoms with Crippen molar-refractivity contribution in [2.75, 3.05) is 13.2 Å². The monoisotopic (exact) mass is 355 g/mol. The van der Waals surface area contributed by atoms with Gasteiger partial charge in [0.1, 0.15) is 12.4 Å². The molecule has 0 saturated heterocycles. The van der Waals surface area contributed by atoms with Crippen molar-refractivity contribution in [1.29, 1.82) is 0 Å². The molecule has 1 aromatic carbocycles. The van der Waals surface area contributed by atoms with E-state index in [1.54, 1.807) is 0 Å². The fourth-order valence-electron chi connectivity index (χ4n) is 5.97. The van der Waals surface area contributed by atoms with E-state index in [1.165, 1.54) is 44.1 Å². The van der Waals surface area contributed by atoms with Gasteiger partial charge in [0.05, 0.1) is 6.54 Å². The first-order valence-electron chi connectivity index (χ1n) is 10.4. The first-order chi connectivity index (χ1) is 12.3. The summed E-state index contributed by atoms with van der Waals surface area (Å²) in [6.07, 6.45) is 8.66. The third kappa shape index (κ3) is 3.50. The number of rotatable bonds is 5. The van der Waals surface area contributed by atoms with Crippen molar-refractivity contribution in [2.24, 2.45) is 23.2 Å². The van der Waals surface area contributed by atoms with E-state index in [1.807, 2.05) is 20.8 Å². The maximum absolute atomic E-state index is 11.9. The van der Waals surface area contributed by atoms with Crippen LogP contribution in [0.5, 0.6) is 5.75 Å². The predicted octanol–water partition coefficient (Wildman–Crippen LogP) is 4.70. The van der Waals surface area contributed by atoms with E-state index in [0.29, 0.717) is 18.6 Å². The van der Waals surface area contributed by atoms with Crippen LogP contribution in [-0.2, 0) is 10.2 Å². The molecule has 0 atom stereocenters. The van der Waals surface area contributed by atoms with Crippen molar-refractivity contribution in [3.63, 3.8) is 0 Å². The van der Waals surface area contributed by atoms with Crippen LogP contribution in [0.25, 0.3) is 0 Å². The lowest BCUT2D eigenvalue weighted by atomic mass is 9.48. The van der Waals surface area contributed by atoms with Crippen LogP contribution in [0, 0.1) is 23.2 Å². The molecule has 1 aromatic rings. The Bertz CT molecular complexity index is 620. The smallest absolute Gasteiger partial charge is 0.225 e. The van der Waals surface area contributed by atoms with Crippen molar-refractivity contribution in [3.8, 4) is 5.75 Å². The third-order valence-electron chi connectivity index (χ3n) is 6.84. The molecular weight excluding hydrogens is 322 g/mol. The summed E-state index contributed by atoms with van der Waals surface area (Å²) in [4.78, 5) is 11.9. The van der Waals surface area contributed by atoms with Gasteiger partial charge in [-0.15, -0.1) is 0 Å². The number of ether oxygens (including phenoxy) is 1. The van der Waals surface area contributed by atoms with Crippen LogP contribution in [0.2, 0.25) is 0 Å². The van der Waals surface area contributed by atoms with E-state index in [4.69, 9.17) is 4.74 Å². The van der Waals surface area contributed by atoms with Crippen LogP contribution in [0.3, 0.4) is 0 Å². The Kier molecular flexibility index (Phi) is 4.53. The molecule has 0 heterocycles. The van der Waals surface area contributed by atoms with Crippen LogP contribution in [0.15, 0.2) is 24.3 Å². The highest BCUT2D eigenvalue weighted by Gasteiger charge is 2.51. The number of hydrogen-bond donors (Lipinski definition) is 1. The van der Waals surface area contributed by atoms with Crippen molar-refractivity contribution in [3.05, 3.63) is 29.8 Å².